The van der Waals surface area contributed by atoms with Gasteiger partial charge in [0, 0.05) is 11.7 Å². The minimum atomic E-state index is -0.205. The van der Waals surface area contributed by atoms with Crippen LogP contribution in [0.5, 0.6) is 0 Å². The first-order valence-electron chi connectivity index (χ1n) is 6.30. The molecule has 98 valence electrons. The average molecular weight is 250 g/mol. The van der Waals surface area contributed by atoms with Crippen molar-refractivity contribution in [2.75, 3.05) is 11.9 Å². The van der Waals surface area contributed by atoms with E-state index in [2.05, 4.69) is 10.6 Å². The number of benzene rings is 1. The van der Waals surface area contributed by atoms with Crippen LogP contribution in [0.2, 0.25) is 0 Å². The van der Waals surface area contributed by atoms with Crippen LogP contribution in [0.25, 0.3) is 0 Å². The smallest absolute Gasteiger partial charge is 0.229 e. The summed E-state index contributed by atoms with van der Waals surface area (Å²) in [4.78, 5) is 12.1. The van der Waals surface area contributed by atoms with Crippen LogP contribution in [-0.2, 0) is 4.79 Å². The van der Waals surface area contributed by atoms with Crippen LogP contribution in [0.3, 0.4) is 0 Å². The quantitative estimate of drug-likeness (QED) is 0.846. The summed E-state index contributed by atoms with van der Waals surface area (Å²) in [5.74, 6) is -0.197. The van der Waals surface area contributed by atoms with E-state index >= 15 is 0 Å². The lowest BCUT2D eigenvalue weighted by atomic mass is 10.0. The van der Waals surface area contributed by atoms with Crippen molar-refractivity contribution in [3.05, 3.63) is 29.1 Å². The lowest BCUT2D eigenvalue weighted by molar-refractivity contribution is -0.119. The molecular formula is C14H19FN2O. The molecular weight excluding hydrogens is 231 g/mol. The fourth-order valence-corrected chi connectivity index (χ4v) is 2.47. The topological polar surface area (TPSA) is 41.1 Å². The van der Waals surface area contributed by atoms with Crippen molar-refractivity contribution in [3.63, 3.8) is 0 Å². The Hall–Kier alpha value is -1.42. The van der Waals surface area contributed by atoms with Crippen molar-refractivity contribution in [2.45, 2.75) is 33.2 Å². The normalized spacial score (nSPS) is 23.1. The van der Waals surface area contributed by atoms with E-state index in [9.17, 15) is 9.18 Å². The van der Waals surface area contributed by atoms with E-state index in [0.29, 0.717) is 16.8 Å². The van der Waals surface area contributed by atoms with Crippen LogP contribution < -0.4 is 10.6 Å². The van der Waals surface area contributed by atoms with Crippen molar-refractivity contribution < 1.29 is 9.18 Å². The maximum Gasteiger partial charge on any atom is 0.229 e. The Kier molecular flexibility index (Phi) is 3.66. The molecule has 0 spiro atoms. The van der Waals surface area contributed by atoms with E-state index in [-0.39, 0.29) is 23.7 Å². The van der Waals surface area contributed by atoms with Crippen LogP contribution in [-0.4, -0.2) is 18.5 Å². The molecule has 0 unspecified atom stereocenters. The molecule has 0 radical (unpaired) electrons. The van der Waals surface area contributed by atoms with E-state index in [4.69, 9.17) is 0 Å². The molecule has 4 heteroatoms. The number of nitrogens with one attached hydrogen (secondary N) is 2. The van der Waals surface area contributed by atoms with Crippen molar-refractivity contribution in [2.24, 2.45) is 5.92 Å². The fourth-order valence-electron chi connectivity index (χ4n) is 2.47. The molecule has 1 saturated heterocycles. The number of anilines is 1. The summed E-state index contributed by atoms with van der Waals surface area (Å²) in [5.41, 5.74) is 1.79. The highest BCUT2D eigenvalue weighted by Crippen LogP contribution is 2.21. The maximum atomic E-state index is 13.5. The number of carbonyl (C=O) groups is 1. The number of halogens is 1. The van der Waals surface area contributed by atoms with Crippen LogP contribution in [0.1, 0.15) is 24.5 Å². The van der Waals surface area contributed by atoms with E-state index in [1.165, 1.54) is 0 Å². The lowest BCUT2D eigenvalue weighted by Crippen LogP contribution is -2.32. The summed E-state index contributed by atoms with van der Waals surface area (Å²) in [6, 6.07) is 3.55. The Morgan fingerprint density at radius 2 is 2.00 bits per heavy atom. The summed E-state index contributed by atoms with van der Waals surface area (Å²) >= 11 is 0. The molecule has 1 aromatic carbocycles. The number of carbonyl (C=O) groups excluding carboxylic acids is 1. The Labute approximate surface area is 107 Å². The zero-order chi connectivity index (χ0) is 13.3. The molecule has 0 saturated carbocycles. The maximum absolute atomic E-state index is 13.5. The number of amides is 1. The zero-order valence-electron chi connectivity index (χ0n) is 11.0. The van der Waals surface area contributed by atoms with Gasteiger partial charge in [0.1, 0.15) is 5.82 Å². The van der Waals surface area contributed by atoms with Gasteiger partial charge in [0.15, 0.2) is 0 Å². The molecule has 0 bridgehead atoms. The monoisotopic (exact) mass is 250 g/mol. The van der Waals surface area contributed by atoms with Gasteiger partial charge in [-0.15, -0.1) is 0 Å². The number of aryl methyl sites for hydroxylation is 2. The largest absolute Gasteiger partial charge is 0.326 e. The summed E-state index contributed by atoms with van der Waals surface area (Å²) in [7, 11) is 0. The molecule has 2 atom stereocenters. The predicted molar refractivity (Wildman–Crippen MR) is 70.1 cm³/mol. The van der Waals surface area contributed by atoms with Gasteiger partial charge >= 0.3 is 0 Å². The predicted octanol–water partition coefficient (Wildman–Crippen LogP) is 2.38. The lowest BCUT2D eigenvalue weighted by Gasteiger charge is -2.15. The second kappa shape index (κ2) is 5.06. The molecule has 1 aliphatic rings. The first kappa shape index (κ1) is 13.0. The summed E-state index contributed by atoms with van der Waals surface area (Å²) in [6.45, 7) is 6.30. The first-order valence-corrected chi connectivity index (χ1v) is 6.30. The highest BCUT2D eigenvalue weighted by molar-refractivity contribution is 5.93. The molecule has 0 aromatic heterocycles. The summed E-state index contributed by atoms with van der Waals surface area (Å²) in [5, 5.41) is 6.12. The standard InChI is InChI=1S/C14H19FN2O/c1-8-6-11(7-9(2)13(8)15)17-14(18)12-4-5-16-10(12)3/h6-7,10,12,16H,4-5H2,1-3H3,(H,17,18)/t10-,12-/m0/s1. The van der Waals surface area contributed by atoms with Crippen molar-refractivity contribution in [3.8, 4) is 0 Å². The van der Waals surface area contributed by atoms with E-state index in [0.717, 1.165) is 13.0 Å². The second-order valence-corrected chi connectivity index (χ2v) is 5.05. The third-order valence-corrected chi connectivity index (χ3v) is 3.57. The van der Waals surface area contributed by atoms with Crippen LogP contribution in [0, 0.1) is 25.6 Å². The third-order valence-electron chi connectivity index (χ3n) is 3.57. The fraction of sp³-hybridized carbons (Fsp3) is 0.500. The van der Waals surface area contributed by atoms with Gasteiger partial charge in [0.25, 0.3) is 0 Å². The van der Waals surface area contributed by atoms with Gasteiger partial charge < -0.3 is 10.6 Å². The molecule has 1 aliphatic heterocycles. The van der Waals surface area contributed by atoms with Gasteiger partial charge in [-0.3, -0.25) is 4.79 Å². The first-order chi connectivity index (χ1) is 8.49. The molecule has 1 amide bonds. The van der Waals surface area contributed by atoms with Crippen molar-refractivity contribution in [1.82, 2.24) is 5.32 Å². The Bertz CT molecular complexity index is 450. The Balaban J connectivity index is 2.12. The molecule has 0 aliphatic carbocycles. The number of hydrogen-bond donors (Lipinski definition) is 2. The van der Waals surface area contributed by atoms with Gasteiger partial charge in [-0.1, -0.05) is 0 Å². The number of hydrogen-bond acceptors (Lipinski definition) is 2. The van der Waals surface area contributed by atoms with Gasteiger partial charge in [-0.2, -0.15) is 0 Å². The van der Waals surface area contributed by atoms with Gasteiger partial charge in [0.05, 0.1) is 5.92 Å². The molecule has 1 aromatic rings. The van der Waals surface area contributed by atoms with Crippen LogP contribution in [0.4, 0.5) is 10.1 Å². The average Bonchev–Trinajstić information content (AvgIpc) is 2.72. The van der Waals surface area contributed by atoms with Crippen molar-refractivity contribution >= 4 is 11.6 Å². The van der Waals surface area contributed by atoms with Gasteiger partial charge in [-0.05, 0) is 57.0 Å². The van der Waals surface area contributed by atoms with Crippen LogP contribution in [0.15, 0.2) is 12.1 Å². The summed E-state index contributed by atoms with van der Waals surface area (Å²) < 4.78 is 13.5. The molecule has 2 N–H and O–H groups in total. The van der Waals surface area contributed by atoms with Crippen LogP contribution >= 0.6 is 0 Å². The van der Waals surface area contributed by atoms with Gasteiger partial charge in [-0.25, -0.2) is 4.39 Å². The molecule has 3 nitrogen and oxygen atoms in total. The molecule has 1 fully saturated rings. The van der Waals surface area contributed by atoms with Crippen molar-refractivity contribution in [1.29, 1.82) is 0 Å². The number of rotatable bonds is 2. The minimum Gasteiger partial charge on any atom is -0.326 e. The third kappa shape index (κ3) is 2.53. The second-order valence-electron chi connectivity index (χ2n) is 5.05. The van der Waals surface area contributed by atoms with E-state index < -0.39 is 0 Å². The SMILES string of the molecule is Cc1cc(NC(=O)[C@H]2CCN[C@H]2C)cc(C)c1F. The van der Waals surface area contributed by atoms with E-state index in [1.54, 1.807) is 26.0 Å². The molecule has 18 heavy (non-hydrogen) atoms. The molecule has 1 heterocycles. The summed E-state index contributed by atoms with van der Waals surface area (Å²) in [6.07, 6.45) is 0.853. The highest BCUT2D eigenvalue weighted by Gasteiger charge is 2.29. The zero-order valence-corrected chi connectivity index (χ0v) is 11.0. The minimum absolute atomic E-state index is 0.00401. The Morgan fingerprint density at radius 3 is 2.50 bits per heavy atom. The van der Waals surface area contributed by atoms with E-state index in [1.807, 2.05) is 6.92 Å². The van der Waals surface area contributed by atoms with Gasteiger partial charge in [0.2, 0.25) is 5.91 Å². The molecule has 2 rings (SSSR count). The Morgan fingerprint density at radius 1 is 1.39 bits per heavy atom. The highest BCUT2D eigenvalue weighted by atomic mass is 19.1.